The molecule has 0 aliphatic carbocycles. The van der Waals surface area contributed by atoms with Crippen molar-refractivity contribution in [1.82, 2.24) is 0 Å². The molecule has 0 atom stereocenters. The van der Waals surface area contributed by atoms with Gasteiger partial charge in [-0.3, -0.25) is 0 Å². The number of nitrogens with two attached hydrogens (primary N) is 1. The largest absolute Gasteiger partial charge is 0.469 e. The van der Waals surface area contributed by atoms with E-state index in [2.05, 4.69) is 0 Å². The molecule has 0 spiro atoms. The molecule has 0 saturated carbocycles. The summed E-state index contributed by atoms with van der Waals surface area (Å²) in [6, 6.07) is 3.97. The van der Waals surface area contributed by atoms with Crippen molar-refractivity contribution in [1.29, 1.82) is 0 Å². The third kappa shape index (κ3) is 3.58. The maximum Gasteiger partial charge on any atom is 0.103 e. The highest BCUT2D eigenvalue weighted by Gasteiger charge is 1.94. The zero-order valence-corrected chi connectivity index (χ0v) is 7.46. The summed E-state index contributed by atoms with van der Waals surface area (Å²) in [6.45, 7) is 0.820. The highest BCUT2D eigenvalue weighted by molar-refractivity contribution is 4.97. The third-order valence-electron chi connectivity index (χ3n) is 1.96. The van der Waals surface area contributed by atoms with E-state index in [9.17, 15) is 0 Å². The molecule has 2 N–H and O–H groups in total. The van der Waals surface area contributed by atoms with Crippen LogP contribution in [0, 0.1) is 0 Å². The first kappa shape index (κ1) is 9.33. The average Bonchev–Trinajstić information content (AvgIpc) is 2.57. The van der Waals surface area contributed by atoms with E-state index in [1.54, 1.807) is 6.26 Å². The molecule has 2 heteroatoms. The number of hydrogen-bond donors (Lipinski definition) is 1. The van der Waals surface area contributed by atoms with E-state index in [1.165, 1.54) is 19.3 Å². The molecule has 68 valence electrons. The fourth-order valence-electron chi connectivity index (χ4n) is 1.25. The number of unbranched alkanes of at least 4 members (excludes halogenated alkanes) is 3. The van der Waals surface area contributed by atoms with Gasteiger partial charge in [0.15, 0.2) is 0 Å². The highest BCUT2D eigenvalue weighted by Crippen LogP contribution is 2.07. The summed E-state index contributed by atoms with van der Waals surface area (Å²) in [4.78, 5) is 0. The maximum atomic E-state index is 5.39. The molecule has 2 nitrogen and oxygen atoms in total. The first-order chi connectivity index (χ1) is 5.93. The Bertz CT molecular complexity index is 182. The second-order valence-electron chi connectivity index (χ2n) is 3.03. The Kier molecular flexibility index (Phi) is 4.54. The van der Waals surface area contributed by atoms with Crippen LogP contribution in [0.15, 0.2) is 22.8 Å². The van der Waals surface area contributed by atoms with Gasteiger partial charge in [0, 0.05) is 6.42 Å². The lowest BCUT2D eigenvalue weighted by molar-refractivity contribution is 0.494. The van der Waals surface area contributed by atoms with Crippen molar-refractivity contribution in [3.8, 4) is 0 Å². The Morgan fingerprint density at radius 1 is 1.17 bits per heavy atom. The fraction of sp³-hybridized carbons (Fsp3) is 0.600. The van der Waals surface area contributed by atoms with Gasteiger partial charge < -0.3 is 10.2 Å². The molecule has 0 aliphatic rings. The summed E-state index contributed by atoms with van der Waals surface area (Å²) in [5.41, 5.74) is 5.39. The number of rotatable bonds is 6. The fourth-order valence-corrected chi connectivity index (χ4v) is 1.25. The molecule has 1 heterocycles. The van der Waals surface area contributed by atoms with Gasteiger partial charge in [-0.05, 0) is 31.5 Å². The molecule has 0 unspecified atom stereocenters. The van der Waals surface area contributed by atoms with Crippen LogP contribution in [0.25, 0.3) is 0 Å². The summed E-state index contributed by atoms with van der Waals surface area (Å²) < 4.78 is 5.22. The highest BCUT2D eigenvalue weighted by atomic mass is 16.3. The molecule has 1 aromatic heterocycles. The van der Waals surface area contributed by atoms with Gasteiger partial charge in [0.2, 0.25) is 0 Å². The molecular formula is C10H17NO. The van der Waals surface area contributed by atoms with Crippen molar-refractivity contribution >= 4 is 0 Å². The average molecular weight is 167 g/mol. The van der Waals surface area contributed by atoms with Crippen LogP contribution in [0.2, 0.25) is 0 Å². The normalized spacial score (nSPS) is 10.4. The third-order valence-corrected chi connectivity index (χ3v) is 1.96. The zero-order chi connectivity index (χ0) is 8.65. The molecule has 0 fully saturated rings. The van der Waals surface area contributed by atoms with Gasteiger partial charge >= 0.3 is 0 Å². The van der Waals surface area contributed by atoms with Crippen molar-refractivity contribution in [2.75, 3.05) is 6.54 Å². The van der Waals surface area contributed by atoms with E-state index >= 15 is 0 Å². The molecule has 1 aromatic rings. The smallest absolute Gasteiger partial charge is 0.103 e. The lowest BCUT2D eigenvalue weighted by Gasteiger charge is -1.97. The van der Waals surface area contributed by atoms with Crippen LogP contribution in [0.3, 0.4) is 0 Å². The van der Waals surface area contributed by atoms with Crippen LogP contribution >= 0.6 is 0 Å². The van der Waals surface area contributed by atoms with E-state index in [1.807, 2.05) is 12.1 Å². The first-order valence-corrected chi connectivity index (χ1v) is 4.66. The van der Waals surface area contributed by atoms with Crippen LogP contribution in [0.4, 0.5) is 0 Å². The van der Waals surface area contributed by atoms with Gasteiger partial charge in [0.25, 0.3) is 0 Å². The second-order valence-corrected chi connectivity index (χ2v) is 3.03. The molecule has 0 aliphatic heterocycles. The van der Waals surface area contributed by atoms with Crippen LogP contribution in [-0.4, -0.2) is 6.54 Å². The molecule has 0 saturated heterocycles. The number of hydrogen-bond acceptors (Lipinski definition) is 2. The lowest BCUT2D eigenvalue weighted by atomic mass is 10.1. The molecule has 0 aromatic carbocycles. The van der Waals surface area contributed by atoms with E-state index in [4.69, 9.17) is 10.2 Å². The number of aryl methyl sites for hydroxylation is 1. The van der Waals surface area contributed by atoms with Crippen molar-refractivity contribution in [2.24, 2.45) is 5.73 Å². The Labute approximate surface area is 73.8 Å². The van der Waals surface area contributed by atoms with Crippen molar-refractivity contribution in [2.45, 2.75) is 32.1 Å². The summed E-state index contributed by atoms with van der Waals surface area (Å²) in [5.74, 6) is 1.10. The quantitative estimate of drug-likeness (QED) is 0.660. The second kappa shape index (κ2) is 5.84. The maximum absolute atomic E-state index is 5.39. The monoisotopic (exact) mass is 167 g/mol. The van der Waals surface area contributed by atoms with Crippen molar-refractivity contribution in [3.63, 3.8) is 0 Å². The molecule has 0 bridgehead atoms. The predicted molar refractivity (Wildman–Crippen MR) is 49.9 cm³/mol. The Balaban J connectivity index is 1.96. The van der Waals surface area contributed by atoms with Gasteiger partial charge in [-0.15, -0.1) is 0 Å². The minimum atomic E-state index is 0.820. The van der Waals surface area contributed by atoms with E-state index < -0.39 is 0 Å². The van der Waals surface area contributed by atoms with Gasteiger partial charge in [-0.1, -0.05) is 12.8 Å². The summed E-state index contributed by atoms with van der Waals surface area (Å²) in [7, 11) is 0. The van der Waals surface area contributed by atoms with Gasteiger partial charge in [-0.2, -0.15) is 0 Å². The Hall–Kier alpha value is -0.760. The van der Waals surface area contributed by atoms with Gasteiger partial charge in [-0.25, -0.2) is 0 Å². The standard InChI is InChI=1S/C10H17NO/c11-8-4-2-1-3-6-10-7-5-9-12-10/h5,7,9H,1-4,6,8,11H2. The van der Waals surface area contributed by atoms with Crippen LogP contribution in [0.5, 0.6) is 0 Å². The molecule has 12 heavy (non-hydrogen) atoms. The van der Waals surface area contributed by atoms with E-state index in [0.29, 0.717) is 0 Å². The first-order valence-electron chi connectivity index (χ1n) is 4.66. The molecule has 0 amide bonds. The molecular weight excluding hydrogens is 150 g/mol. The minimum absolute atomic E-state index is 0.820. The van der Waals surface area contributed by atoms with Crippen LogP contribution < -0.4 is 5.73 Å². The van der Waals surface area contributed by atoms with Gasteiger partial charge in [0.05, 0.1) is 6.26 Å². The summed E-state index contributed by atoms with van der Waals surface area (Å²) >= 11 is 0. The molecule has 1 rings (SSSR count). The summed E-state index contributed by atoms with van der Waals surface area (Å²) in [6.07, 6.45) is 7.67. The van der Waals surface area contributed by atoms with Crippen LogP contribution in [-0.2, 0) is 6.42 Å². The Morgan fingerprint density at radius 3 is 2.67 bits per heavy atom. The minimum Gasteiger partial charge on any atom is -0.469 e. The van der Waals surface area contributed by atoms with Crippen molar-refractivity contribution < 1.29 is 4.42 Å². The summed E-state index contributed by atoms with van der Waals surface area (Å²) in [5, 5.41) is 0. The predicted octanol–water partition coefficient (Wildman–Crippen LogP) is 2.34. The Morgan fingerprint density at radius 2 is 2.00 bits per heavy atom. The van der Waals surface area contributed by atoms with Crippen molar-refractivity contribution in [3.05, 3.63) is 24.2 Å². The van der Waals surface area contributed by atoms with Gasteiger partial charge in [0.1, 0.15) is 5.76 Å². The zero-order valence-electron chi connectivity index (χ0n) is 7.46. The van der Waals surface area contributed by atoms with Crippen LogP contribution in [0.1, 0.15) is 31.4 Å². The SMILES string of the molecule is NCCCCCCc1ccco1. The van der Waals surface area contributed by atoms with E-state index in [-0.39, 0.29) is 0 Å². The topological polar surface area (TPSA) is 39.2 Å². The lowest BCUT2D eigenvalue weighted by Crippen LogP contribution is -1.97. The van der Waals surface area contributed by atoms with E-state index in [0.717, 1.165) is 25.1 Å². The molecule has 0 radical (unpaired) electrons. The number of furan rings is 1.